The molecule has 3 aromatic carbocycles. The molecule has 0 fully saturated rings. The summed E-state index contributed by atoms with van der Waals surface area (Å²) < 4.78 is 3.35. The van der Waals surface area contributed by atoms with Crippen LogP contribution in [0, 0.1) is 6.92 Å². The molecule has 0 spiro atoms. The van der Waals surface area contributed by atoms with E-state index in [1.807, 2.05) is 67.6 Å². The molecule has 1 N–H and O–H groups in total. The second kappa shape index (κ2) is 10.2. The zero-order valence-electron chi connectivity index (χ0n) is 19.1. The summed E-state index contributed by atoms with van der Waals surface area (Å²) >= 11 is 19.0. The van der Waals surface area contributed by atoms with Gasteiger partial charge in [0.2, 0.25) is 0 Å². The standard InChI is InChI=1S/C27H20Cl3N5O/c1-17-24(25(18-9-4-2-5-10-18)32-35(17)19-11-6-3-7-12-19)27(36)31-26-23(30)16-34(33-26)15-20-21(28)13-8-14-22(20)29/h2-14,16H,15H2,1H3,(H,31,33,36). The third kappa shape index (κ3) is 4.75. The van der Waals surface area contributed by atoms with Gasteiger partial charge in [0.1, 0.15) is 10.7 Å². The predicted molar refractivity (Wildman–Crippen MR) is 144 cm³/mol. The fraction of sp³-hybridized carbons (Fsp3) is 0.0741. The summed E-state index contributed by atoms with van der Waals surface area (Å²) in [5.74, 6) is -0.132. The van der Waals surface area contributed by atoms with Crippen LogP contribution in [0.1, 0.15) is 21.6 Å². The van der Waals surface area contributed by atoms with E-state index in [-0.39, 0.29) is 11.7 Å². The second-order valence-electron chi connectivity index (χ2n) is 8.10. The SMILES string of the molecule is Cc1c(C(=O)Nc2nn(Cc3c(Cl)cccc3Cl)cc2Cl)c(-c2ccccc2)nn1-c1ccccc1. The molecule has 180 valence electrons. The number of para-hydroxylation sites is 1. The van der Waals surface area contributed by atoms with Gasteiger partial charge in [-0.25, -0.2) is 4.68 Å². The predicted octanol–water partition coefficient (Wildman–Crippen LogP) is 7.31. The normalized spacial score (nSPS) is 11.0. The van der Waals surface area contributed by atoms with E-state index in [9.17, 15) is 4.79 Å². The number of amides is 1. The van der Waals surface area contributed by atoms with Crippen molar-refractivity contribution in [1.82, 2.24) is 19.6 Å². The number of carbonyl (C=O) groups is 1. The van der Waals surface area contributed by atoms with Crippen molar-refractivity contribution in [2.45, 2.75) is 13.5 Å². The summed E-state index contributed by atoms with van der Waals surface area (Å²) in [5.41, 5.74) is 4.08. The van der Waals surface area contributed by atoms with Crippen LogP contribution in [0.25, 0.3) is 16.9 Å². The van der Waals surface area contributed by atoms with Crippen LogP contribution in [0.15, 0.2) is 85.1 Å². The molecule has 2 heterocycles. The fourth-order valence-electron chi connectivity index (χ4n) is 3.97. The van der Waals surface area contributed by atoms with Gasteiger partial charge in [-0.3, -0.25) is 9.48 Å². The van der Waals surface area contributed by atoms with Gasteiger partial charge in [0.05, 0.1) is 23.5 Å². The maximum absolute atomic E-state index is 13.6. The Hall–Kier alpha value is -3.58. The summed E-state index contributed by atoms with van der Waals surface area (Å²) in [5, 5.41) is 13.4. The molecule has 0 unspecified atom stereocenters. The van der Waals surface area contributed by atoms with Gasteiger partial charge in [-0.05, 0) is 31.2 Å². The topological polar surface area (TPSA) is 64.7 Å². The molecule has 0 aliphatic carbocycles. The Morgan fingerprint density at radius 3 is 2.14 bits per heavy atom. The quantitative estimate of drug-likeness (QED) is 0.247. The molecule has 1 amide bonds. The van der Waals surface area contributed by atoms with Crippen LogP contribution in [0.2, 0.25) is 15.1 Å². The van der Waals surface area contributed by atoms with Crippen molar-refractivity contribution in [3.8, 4) is 16.9 Å². The van der Waals surface area contributed by atoms with Crippen molar-refractivity contribution in [1.29, 1.82) is 0 Å². The Kier molecular flexibility index (Phi) is 6.83. The molecule has 6 nitrogen and oxygen atoms in total. The molecule has 5 aromatic rings. The first kappa shape index (κ1) is 24.1. The number of nitrogens with one attached hydrogen (secondary N) is 1. The molecule has 5 rings (SSSR count). The lowest BCUT2D eigenvalue weighted by molar-refractivity contribution is 0.102. The van der Waals surface area contributed by atoms with E-state index in [1.165, 1.54) is 0 Å². The molecule has 0 saturated carbocycles. The Morgan fingerprint density at radius 1 is 0.833 bits per heavy atom. The van der Waals surface area contributed by atoms with Gasteiger partial charge in [-0.2, -0.15) is 10.2 Å². The third-order valence-corrected chi connectivity index (χ3v) is 6.71. The van der Waals surface area contributed by atoms with E-state index in [1.54, 1.807) is 33.8 Å². The largest absolute Gasteiger partial charge is 0.304 e. The van der Waals surface area contributed by atoms with Gasteiger partial charge in [-0.1, -0.05) is 89.4 Å². The van der Waals surface area contributed by atoms with Gasteiger partial charge in [-0.15, -0.1) is 0 Å². The number of rotatable bonds is 6. The Labute approximate surface area is 223 Å². The smallest absolute Gasteiger partial charge is 0.261 e. The van der Waals surface area contributed by atoms with Crippen LogP contribution >= 0.6 is 34.8 Å². The first-order valence-corrected chi connectivity index (χ1v) is 12.2. The van der Waals surface area contributed by atoms with Crippen molar-refractivity contribution in [3.63, 3.8) is 0 Å². The highest BCUT2D eigenvalue weighted by Gasteiger charge is 2.24. The van der Waals surface area contributed by atoms with Crippen molar-refractivity contribution < 1.29 is 4.79 Å². The number of anilines is 1. The zero-order chi connectivity index (χ0) is 25.2. The lowest BCUT2D eigenvalue weighted by Gasteiger charge is -2.07. The van der Waals surface area contributed by atoms with Crippen molar-refractivity contribution in [2.24, 2.45) is 0 Å². The van der Waals surface area contributed by atoms with E-state index in [4.69, 9.17) is 39.9 Å². The minimum Gasteiger partial charge on any atom is -0.304 e. The molecular formula is C27H20Cl3N5O. The van der Waals surface area contributed by atoms with Crippen molar-refractivity contribution >= 4 is 46.5 Å². The summed E-state index contributed by atoms with van der Waals surface area (Å²) in [6.45, 7) is 2.16. The maximum atomic E-state index is 13.6. The van der Waals surface area contributed by atoms with Gasteiger partial charge < -0.3 is 5.32 Å². The number of hydrogen-bond acceptors (Lipinski definition) is 3. The van der Waals surface area contributed by atoms with Crippen LogP contribution in [0.3, 0.4) is 0 Å². The highest BCUT2D eigenvalue weighted by atomic mass is 35.5. The summed E-state index contributed by atoms with van der Waals surface area (Å²) in [7, 11) is 0. The minimum atomic E-state index is -0.364. The van der Waals surface area contributed by atoms with Crippen LogP contribution in [-0.4, -0.2) is 25.5 Å². The Morgan fingerprint density at radius 2 is 1.47 bits per heavy atom. The number of benzene rings is 3. The molecule has 9 heteroatoms. The van der Waals surface area contributed by atoms with E-state index in [2.05, 4.69) is 10.4 Å². The average Bonchev–Trinajstić information content (AvgIpc) is 3.41. The number of carbonyl (C=O) groups excluding carboxylic acids is 1. The van der Waals surface area contributed by atoms with Crippen LogP contribution in [0.4, 0.5) is 5.82 Å². The molecule has 0 atom stereocenters. The molecule has 36 heavy (non-hydrogen) atoms. The van der Waals surface area contributed by atoms with Crippen LogP contribution in [-0.2, 0) is 6.54 Å². The fourth-order valence-corrected chi connectivity index (χ4v) is 4.69. The summed E-state index contributed by atoms with van der Waals surface area (Å²) in [6.07, 6.45) is 1.62. The number of aromatic nitrogens is 4. The van der Waals surface area contributed by atoms with E-state index in [0.717, 1.165) is 11.3 Å². The minimum absolute atomic E-state index is 0.232. The maximum Gasteiger partial charge on any atom is 0.261 e. The second-order valence-corrected chi connectivity index (χ2v) is 9.32. The number of nitrogens with zero attached hydrogens (tertiary/aromatic N) is 4. The van der Waals surface area contributed by atoms with Gasteiger partial charge in [0, 0.05) is 27.4 Å². The molecule has 0 saturated heterocycles. The molecule has 0 radical (unpaired) electrons. The van der Waals surface area contributed by atoms with Crippen molar-refractivity contribution in [2.75, 3.05) is 5.32 Å². The number of halogens is 3. The van der Waals surface area contributed by atoms with Gasteiger partial charge >= 0.3 is 0 Å². The van der Waals surface area contributed by atoms with E-state index < -0.39 is 0 Å². The van der Waals surface area contributed by atoms with E-state index in [0.29, 0.717) is 44.1 Å². The lowest BCUT2D eigenvalue weighted by Crippen LogP contribution is -2.15. The molecule has 0 aliphatic heterocycles. The molecule has 0 bridgehead atoms. The lowest BCUT2D eigenvalue weighted by atomic mass is 10.1. The molecule has 2 aromatic heterocycles. The molecular weight excluding hydrogens is 517 g/mol. The summed E-state index contributed by atoms with van der Waals surface area (Å²) in [4.78, 5) is 13.6. The Bertz CT molecular complexity index is 1520. The monoisotopic (exact) mass is 535 g/mol. The third-order valence-electron chi connectivity index (χ3n) is 5.72. The zero-order valence-corrected chi connectivity index (χ0v) is 21.4. The first-order valence-electron chi connectivity index (χ1n) is 11.1. The van der Waals surface area contributed by atoms with Crippen LogP contribution < -0.4 is 5.32 Å². The molecule has 0 aliphatic rings. The highest BCUT2D eigenvalue weighted by molar-refractivity contribution is 6.36. The van der Waals surface area contributed by atoms with Gasteiger partial charge in [0.25, 0.3) is 5.91 Å². The van der Waals surface area contributed by atoms with Gasteiger partial charge in [0.15, 0.2) is 5.82 Å². The van der Waals surface area contributed by atoms with Crippen LogP contribution in [0.5, 0.6) is 0 Å². The van der Waals surface area contributed by atoms with E-state index >= 15 is 0 Å². The highest BCUT2D eigenvalue weighted by Crippen LogP contribution is 2.30. The van der Waals surface area contributed by atoms with Crippen molar-refractivity contribution in [3.05, 3.63) is 117 Å². The number of hydrogen-bond donors (Lipinski definition) is 1. The summed E-state index contributed by atoms with van der Waals surface area (Å²) in [6, 6.07) is 24.5. The first-order chi connectivity index (χ1) is 17.4. The Balaban J connectivity index is 1.50. The average molecular weight is 537 g/mol.